The molecule has 0 aromatic carbocycles. The van der Waals surface area contributed by atoms with Gasteiger partial charge in [0.2, 0.25) is 0 Å². The zero-order valence-electron chi connectivity index (χ0n) is 7.76. The van der Waals surface area contributed by atoms with Crippen LogP contribution in [0.2, 0.25) is 0 Å². The minimum absolute atomic E-state index is 0.510. The molecule has 1 unspecified atom stereocenters. The lowest BCUT2D eigenvalue weighted by Gasteiger charge is -2.17. The highest BCUT2D eigenvalue weighted by molar-refractivity contribution is 7.09. The van der Waals surface area contributed by atoms with Gasteiger partial charge in [0.15, 0.2) is 0 Å². The van der Waals surface area contributed by atoms with Crippen molar-refractivity contribution < 1.29 is 14.4 Å². The van der Waals surface area contributed by atoms with E-state index in [0.717, 1.165) is 4.90 Å². The molecule has 15 heavy (non-hydrogen) atoms. The third-order valence-corrected chi connectivity index (χ3v) is 2.99. The molecule has 0 spiro atoms. The standard InChI is InChI=1S/C8H7N3O3S/c1-4(6-9-2-3-15-6)11-7(13)5(12)10-8(11)14/h2-4H,1H3,(H,10,12,14). The maximum atomic E-state index is 11.3. The number of thiazole rings is 1. The summed E-state index contributed by atoms with van der Waals surface area (Å²) in [5.74, 6) is -1.72. The van der Waals surface area contributed by atoms with Crippen LogP contribution in [0.4, 0.5) is 4.79 Å². The van der Waals surface area contributed by atoms with E-state index in [0.29, 0.717) is 5.01 Å². The maximum absolute atomic E-state index is 11.3. The Morgan fingerprint density at radius 2 is 2.20 bits per heavy atom. The molecular formula is C8H7N3O3S. The van der Waals surface area contributed by atoms with Crippen LogP contribution in [0.25, 0.3) is 0 Å². The van der Waals surface area contributed by atoms with Crippen LogP contribution in [0.5, 0.6) is 0 Å². The smallest absolute Gasteiger partial charge is 0.269 e. The van der Waals surface area contributed by atoms with Crippen LogP contribution in [0.3, 0.4) is 0 Å². The van der Waals surface area contributed by atoms with E-state index in [-0.39, 0.29) is 0 Å². The van der Waals surface area contributed by atoms with E-state index in [1.165, 1.54) is 11.3 Å². The summed E-state index contributed by atoms with van der Waals surface area (Å²) in [5.41, 5.74) is 0. The monoisotopic (exact) mass is 225 g/mol. The summed E-state index contributed by atoms with van der Waals surface area (Å²) in [5, 5.41) is 4.30. The van der Waals surface area contributed by atoms with Crippen LogP contribution in [0.15, 0.2) is 11.6 Å². The SMILES string of the molecule is CC(c1nccs1)N1C(=O)NC(=O)C1=O. The molecule has 2 rings (SSSR count). The molecule has 6 nitrogen and oxygen atoms in total. The number of nitrogens with one attached hydrogen (secondary N) is 1. The Morgan fingerprint density at radius 1 is 1.47 bits per heavy atom. The molecule has 0 aliphatic carbocycles. The van der Waals surface area contributed by atoms with Gasteiger partial charge in [0.1, 0.15) is 5.01 Å². The fourth-order valence-electron chi connectivity index (χ4n) is 1.32. The summed E-state index contributed by atoms with van der Waals surface area (Å²) < 4.78 is 0. The van der Waals surface area contributed by atoms with Gasteiger partial charge in [0.05, 0.1) is 6.04 Å². The van der Waals surface area contributed by atoms with Crippen molar-refractivity contribution in [3.63, 3.8) is 0 Å². The van der Waals surface area contributed by atoms with E-state index >= 15 is 0 Å². The fraction of sp³-hybridized carbons (Fsp3) is 0.250. The average Bonchev–Trinajstić information content (AvgIpc) is 2.76. The highest BCUT2D eigenvalue weighted by Gasteiger charge is 2.40. The number of carbonyl (C=O) groups is 3. The third-order valence-electron chi connectivity index (χ3n) is 2.05. The van der Waals surface area contributed by atoms with Crippen molar-refractivity contribution in [3.8, 4) is 0 Å². The van der Waals surface area contributed by atoms with Crippen LogP contribution in [-0.2, 0) is 9.59 Å². The molecule has 1 aliphatic heterocycles. The van der Waals surface area contributed by atoms with Crippen LogP contribution >= 0.6 is 11.3 Å². The number of aromatic nitrogens is 1. The Balaban J connectivity index is 2.28. The Hall–Kier alpha value is -1.76. The summed E-state index contributed by atoms with van der Waals surface area (Å²) in [7, 11) is 0. The van der Waals surface area contributed by atoms with Crippen molar-refractivity contribution in [1.82, 2.24) is 15.2 Å². The molecule has 1 aliphatic rings. The molecule has 1 aromatic heterocycles. The Labute approximate surface area is 88.9 Å². The van der Waals surface area contributed by atoms with E-state index in [1.54, 1.807) is 18.5 Å². The van der Waals surface area contributed by atoms with Crippen LogP contribution in [0, 0.1) is 0 Å². The van der Waals surface area contributed by atoms with Gasteiger partial charge in [0, 0.05) is 11.6 Å². The van der Waals surface area contributed by atoms with Crippen molar-refractivity contribution in [3.05, 3.63) is 16.6 Å². The molecule has 0 bridgehead atoms. The number of carbonyl (C=O) groups excluding carboxylic acids is 3. The van der Waals surface area contributed by atoms with Crippen molar-refractivity contribution in [2.24, 2.45) is 0 Å². The van der Waals surface area contributed by atoms with Crippen LogP contribution in [0.1, 0.15) is 18.0 Å². The molecule has 1 fully saturated rings. The van der Waals surface area contributed by atoms with Gasteiger partial charge < -0.3 is 0 Å². The number of imide groups is 2. The van der Waals surface area contributed by atoms with E-state index in [4.69, 9.17) is 0 Å². The van der Waals surface area contributed by atoms with Gasteiger partial charge in [-0.2, -0.15) is 0 Å². The fourth-order valence-corrected chi connectivity index (χ4v) is 2.00. The van der Waals surface area contributed by atoms with Gasteiger partial charge in [-0.3, -0.25) is 14.9 Å². The number of hydrogen-bond donors (Lipinski definition) is 1. The van der Waals surface area contributed by atoms with Gasteiger partial charge in [-0.05, 0) is 6.92 Å². The summed E-state index contributed by atoms with van der Waals surface area (Å²) in [6.07, 6.45) is 1.58. The number of hydrogen-bond acceptors (Lipinski definition) is 5. The second kappa shape index (κ2) is 3.43. The zero-order chi connectivity index (χ0) is 11.0. The summed E-state index contributed by atoms with van der Waals surface area (Å²) in [6, 6.07) is -1.20. The first-order chi connectivity index (χ1) is 7.11. The molecule has 7 heteroatoms. The van der Waals surface area contributed by atoms with Gasteiger partial charge in [-0.15, -0.1) is 11.3 Å². The van der Waals surface area contributed by atoms with E-state index in [9.17, 15) is 14.4 Å². The first-order valence-electron chi connectivity index (χ1n) is 4.19. The molecule has 4 amide bonds. The van der Waals surface area contributed by atoms with Crippen molar-refractivity contribution >= 4 is 29.2 Å². The molecule has 78 valence electrons. The zero-order valence-corrected chi connectivity index (χ0v) is 8.58. The van der Waals surface area contributed by atoms with Crippen molar-refractivity contribution in [1.29, 1.82) is 0 Å². The number of amides is 4. The molecular weight excluding hydrogens is 218 g/mol. The van der Waals surface area contributed by atoms with Crippen molar-refractivity contribution in [2.45, 2.75) is 13.0 Å². The Bertz CT molecular complexity index is 428. The second-order valence-corrected chi connectivity index (χ2v) is 3.91. The quantitative estimate of drug-likeness (QED) is 0.579. The van der Waals surface area contributed by atoms with Crippen LogP contribution < -0.4 is 5.32 Å². The number of rotatable bonds is 2. The molecule has 1 aromatic rings. The Morgan fingerprint density at radius 3 is 2.67 bits per heavy atom. The third kappa shape index (κ3) is 1.50. The van der Waals surface area contributed by atoms with Gasteiger partial charge >= 0.3 is 17.8 Å². The predicted molar refractivity (Wildman–Crippen MR) is 50.9 cm³/mol. The highest BCUT2D eigenvalue weighted by atomic mass is 32.1. The lowest BCUT2D eigenvalue weighted by Crippen LogP contribution is -2.33. The lowest BCUT2D eigenvalue weighted by atomic mass is 10.3. The average molecular weight is 225 g/mol. The summed E-state index contributed by atoms with van der Waals surface area (Å²) in [4.78, 5) is 38.4. The van der Waals surface area contributed by atoms with Crippen molar-refractivity contribution in [2.75, 3.05) is 0 Å². The van der Waals surface area contributed by atoms with E-state index in [1.807, 2.05) is 5.32 Å². The minimum atomic E-state index is -0.886. The molecule has 1 atom stereocenters. The summed E-state index contributed by atoms with van der Waals surface area (Å²) in [6.45, 7) is 1.65. The highest BCUT2D eigenvalue weighted by Crippen LogP contribution is 2.23. The molecule has 1 N–H and O–H groups in total. The lowest BCUT2D eigenvalue weighted by molar-refractivity contribution is -0.141. The number of urea groups is 1. The van der Waals surface area contributed by atoms with E-state index in [2.05, 4.69) is 4.98 Å². The second-order valence-electron chi connectivity index (χ2n) is 2.98. The van der Waals surface area contributed by atoms with Gasteiger partial charge in [-0.1, -0.05) is 0 Å². The molecule has 0 saturated carbocycles. The first kappa shape index (κ1) is 9.78. The van der Waals surface area contributed by atoms with E-state index < -0.39 is 23.9 Å². The normalized spacial score (nSPS) is 18.2. The first-order valence-corrected chi connectivity index (χ1v) is 5.07. The topological polar surface area (TPSA) is 79.4 Å². The van der Waals surface area contributed by atoms with Gasteiger partial charge in [-0.25, -0.2) is 14.7 Å². The largest absolute Gasteiger partial charge is 0.332 e. The molecule has 2 heterocycles. The maximum Gasteiger partial charge on any atom is 0.332 e. The number of nitrogens with zero attached hydrogens (tertiary/aromatic N) is 2. The molecule has 1 saturated heterocycles. The minimum Gasteiger partial charge on any atom is -0.269 e. The molecule has 0 radical (unpaired) electrons. The van der Waals surface area contributed by atoms with Crippen LogP contribution in [-0.4, -0.2) is 27.7 Å². The van der Waals surface area contributed by atoms with Gasteiger partial charge in [0.25, 0.3) is 0 Å². The Kier molecular flexibility index (Phi) is 2.24. The predicted octanol–water partition coefficient (Wildman–Crippen LogP) is 0.283. The summed E-state index contributed by atoms with van der Waals surface area (Å²) >= 11 is 1.33.